The maximum absolute atomic E-state index is 12.6. The number of aryl methyl sites for hydroxylation is 1. The molecule has 3 rings (SSSR count). The van der Waals surface area contributed by atoms with Crippen molar-refractivity contribution in [1.82, 2.24) is 5.32 Å². The van der Waals surface area contributed by atoms with Gasteiger partial charge in [-0.3, -0.25) is 9.52 Å². The van der Waals surface area contributed by atoms with Crippen molar-refractivity contribution in [3.05, 3.63) is 94.5 Å². The Bertz CT molecular complexity index is 1110. The summed E-state index contributed by atoms with van der Waals surface area (Å²) in [6, 6.07) is 20.8. The van der Waals surface area contributed by atoms with Crippen molar-refractivity contribution in [2.24, 2.45) is 0 Å². The number of amides is 1. The summed E-state index contributed by atoms with van der Waals surface area (Å²) < 4.78 is 27.7. The first-order valence-electron chi connectivity index (χ1n) is 9.57. The first-order chi connectivity index (χ1) is 14.4. The van der Waals surface area contributed by atoms with Crippen LogP contribution >= 0.6 is 11.6 Å². The molecule has 0 spiro atoms. The predicted molar refractivity (Wildman–Crippen MR) is 121 cm³/mol. The van der Waals surface area contributed by atoms with Crippen LogP contribution in [0.1, 0.15) is 27.9 Å². The van der Waals surface area contributed by atoms with Gasteiger partial charge >= 0.3 is 0 Å². The number of rotatable bonds is 8. The van der Waals surface area contributed by atoms with Crippen molar-refractivity contribution >= 4 is 33.2 Å². The monoisotopic (exact) mass is 442 g/mol. The maximum Gasteiger partial charge on any atom is 0.261 e. The smallest absolute Gasteiger partial charge is 0.261 e. The van der Waals surface area contributed by atoms with Crippen LogP contribution in [0.4, 0.5) is 5.69 Å². The third kappa shape index (κ3) is 5.62. The van der Waals surface area contributed by atoms with Crippen LogP contribution in [0.15, 0.2) is 77.7 Å². The Morgan fingerprint density at radius 3 is 2.33 bits per heavy atom. The zero-order valence-corrected chi connectivity index (χ0v) is 18.1. The van der Waals surface area contributed by atoms with Crippen molar-refractivity contribution < 1.29 is 13.2 Å². The summed E-state index contributed by atoms with van der Waals surface area (Å²) in [6.07, 6.45) is 1.61. The standard InChI is InChI=1S/C23H23ClN2O3S/c1-17-21(23(27)25-16-6-7-18-12-14-19(24)15-13-18)10-5-11-22(17)26-30(28,29)20-8-3-2-4-9-20/h2-5,8-15,26H,6-7,16H2,1H3,(H,25,27). The first kappa shape index (κ1) is 21.9. The van der Waals surface area contributed by atoms with Gasteiger partial charge in [0.05, 0.1) is 10.6 Å². The van der Waals surface area contributed by atoms with Crippen molar-refractivity contribution in [3.63, 3.8) is 0 Å². The fraction of sp³-hybridized carbons (Fsp3) is 0.174. The zero-order chi connectivity index (χ0) is 21.6. The fourth-order valence-corrected chi connectivity index (χ4v) is 4.31. The number of hydrogen-bond acceptors (Lipinski definition) is 3. The molecule has 0 aliphatic rings. The molecule has 3 aromatic rings. The largest absolute Gasteiger partial charge is 0.352 e. The third-order valence-electron chi connectivity index (χ3n) is 4.72. The van der Waals surface area contributed by atoms with Gasteiger partial charge in [-0.15, -0.1) is 0 Å². The number of nitrogens with one attached hydrogen (secondary N) is 2. The van der Waals surface area contributed by atoms with Gasteiger partial charge in [-0.2, -0.15) is 0 Å². The fourth-order valence-electron chi connectivity index (χ4n) is 3.04. The van der Waals surface area contributed by atoms with E-state index in [1.54, 1.807) is 43.3 Å². The Balaban J connectivity index is 1.62. The summed E-state index contributed by atoms with van der Waals surface area (Å²) in [6.45, 7) is 2.24. The Kier molecular flexibility index (Phi) is 7.13. The normalized spacial score (nSPS) is 11.1. The second kappa shape index (κ2) is 9.78. The number of carbonyl (C=O) groups excluding carboxylic acids is 1. The van der Waals surface area contributed by atoms with Gasteiger partial charge in [-0.05, 0) is 67.3 Å². The van der Waals surface area contributed by atoms with Crippen LogP contribution in [-0.4, -0.2) is 20.9 Å². The molecule has 0 heterocycles. The molecule has 0 unspecified atom stereocenters. The van der Waals surface area contributed by atoms with E-state index < -0.39 is 10.0 Å². The van der Waals surface area contributed by atoms with E-state index in [2.05, 4.69) is 10.0 Å². The molecule has 0 radical (unpaired) electrons. The van der Waals surface area contributed by atoms with Gasteiger partial charge in [-0.25, -0.2) is 8.42 Å². The molecule has 0 saturated heterocycles. The summed E-state index contributed by atoms with van der Waals surface area (Å²) in [4.78, 5) is 12.8. The predicted octanol–water partition coefficient (Wildman–Crippen LogP) is 4.81. The summed E-state index contributed by atoms with van der Waals surface area (Å²) in [5.41, 5.74) is 2.55. The molecule has 5 nitrogen and oxygen atoms in total. The van der Waals surface area contributed by atoms with Crippen LogP contribution in [0, 0.1) is 6.92 Å². The molecular weight excluding hydrogens is 420 g/mol. The van der Waals surface area contributed by atoms with E-state index >= 15 is 0 Å². The van der Waals surface area contributed by atoms with E-state index in [1.165, 1.54) is 12.1 Å². The number of sulfonamides is 1. The average molecular weight is 443 g/mol. The first-order valence-corrected chi connectivity index (χ1v) is 11.4. The molecule has 0 fully saturated rings. The lowest BCUT2D eigenvalue weighted by Gasteiger charge is -2.14. The maximum atomic E-state index is 12.6. The van der Waals surface area contributed by atoms with Crippen molar-refractivity contribution in [2.45, 2.75) is 24.7 Å². The highest BCUT2D eigenvalue weighted by Gasteiger charge is 2.17. The highest BCUT2D eigenvalue weighted by atomic mass is 35.5. The molecule has 0 saturated carbocycles. The molecule has 156 valence electrons. The van der Waals surface area contributed by atoms with E-state index in [1.807, 2.05) is 24.3 Å². The van der Waals surface area contributed by atoms with Crippen LogP contribution in [-0.2, 0) is 16.4 Å². The van der Waals surface area contributed by atoms with Gasteiger partial charge in [0.1, 0.15) is 0 Å². The topological polar surface area (TPSA) is 75.3 Å². The number of hydrogen-bond donors (Lipinski definition) is 2. The number of carbonyl (C=O) groups is 1. The van der Waals surface area contributed by atoms with Gasteiger partial charge in [-0.1, -0.05) is 48.0 Å². The Hall–Kier alpha value is -2.83. The minimum Gasteiger partial charge on any atom is -0.352 e. The second-order valence-corrected chi connectivity index (χ2v) is 9.00. The van der Waals surface area contributed by atoms with Crippen molar-refractivity contribution in [2.75, 3.05) is 11.3 Å². The van der Waals surface area contributed by atoms with Crippen LogP contribution in [0.25, 0.3) is 0 Å². The number of halogens is 1. The van der Waals surface area contributed by atoms with Gasteiger partial charge in [0.15, 0.2) is 0 Å². The van der Waals surface area contributed by atoms with Crippen LogP contribution in [0.3, 0.4) is 0 Å². The molecule has 7 heteroatoms. The lowest BCUT2D eigenvalue weighted by molar-refractivity contribution is 0.0952. The quantitative estimate of drug-likeness (QED) is 0.491. The molecule has 30 heavy (non-hydrogen) atoms. The molecular formula is C23H23ClN2O3S. The van der Waals surface area contributed by atoms with Crippen LogP contribution in [0.5, 0.6) is 0 Å². The molecule has 0 atom stereocenters. The van der Waals surface area contributed by atoms with Crippen LogP contribution < -0.4 is 10.0 Å². The lowest BCUT2D eigenvalue weighted by atomic mass is 10.1. The molecule has 2 N–H and O–H groups in total. The Labute approximate surface area is 182 Å². The van der Waals surface area contributed by atoms with Gasteiger partial charge in [0, 0.05) is 17.1 Å². The minimum absolute atomic E-state index is 0.168. The highest BCUT2D eigenvalue weighted by molar-refractivity contribution is 7.92. The van der Waals surface area contributed by atoms with E-state index in [0.717, 1.165) is 18.4 Å². The molecule has 0 aliphatic carbocycles. The van der Waals surface area contributed by atoms with Crippen molar-refractivity contribution in [3.8, 4) is 0 Å². The SMILES string of the molecule is Cc1c(NS(=O)(=O)c2ccccc2)cccc1C(=O)NCCCc1ccc(Cl)cc1. The Morgan fingerprint density at radius 1 is 0.933 bits per heavy atom. The van der Waals surface area contributed by atoms with Crippen LogP contribution in [0.2, 0.25) is 5.02 Å². The molecule has 0 bridgehead atoms. The zero-order valence-electron chi connectivity index (χ0n) is 16.6. The summed E-state index contributed by atoms with van der Waals surface area (Å²) >= 11 is 5.89. The number of benzene rings is 3. The molecule has 0 aromatic heterocycles. The van der Waals surface area contributed by atoms with E-state index in [4.69, 9.17) is 11.6 Å². The van der Waals surface area contributed by atoms with Crippen molar-refractivity contribution in [1.29, 1.82) is 0 Å². The van der Waals surface area contributed by atoms with Gasteiger partial charge in [0.25, 0.3) is 15.9 Å². The van der Waals surface area contributed by atoms with Gasteiger partial charge < -0.3 is 5.32 Å². The van der Waals surface area contributed by atoms with E-state index in [9.17, 15) is 13.2 Å². The van der Waals surface area contributed by atoms with Gasteiger partial charge in [0.2, 0.25) is 0 Å². The minimum atomic E-state index is -3.72. The molecule has 0 aliphatic heterocycles. The molecule has 3 aromatic carbocycles. The Morgan fingerprint density at radius 2 is 1.63 bits per heavy atom. The van der Waals surface area contributed by atoms with E-state index in [-0.39, 0.29) is 10.8 Å². The number of anilines is 1. The summed E-state index contributed by atoms with van der Waals surface area (Å²) in [5.74, 6) is -0.232. The second-order valence-electron chi connectivity index (χ2n) is 6.88. The summed E-state index contributed by atoms with van der Waals surface area (Å²) in [7, 11) is -3.72. The lowest BCUT2D eigenvalue weighted by Crippen LogP contribution is -2.26. The molecule has 1 amide bonds. The average Bonchev–Trinajstić information content (AvgIpc) is 2.74. The summed E-state index contributed by atoms with van der Waals surface area (Å²) in [5, 5.41) is 3.60. The highest BCUT2D eigenvalue weighted by Crippen LogP contribution is 2.22. The third-order valence-corrected chi connectivity index (χ3v) is 6.35. The van der Waals surface area contributed by atoms with E-state index in [0.29, 0.717) is 28.4 Å².